The highest BCUT2D eigenvalue weighted by atomic mass is 15.2. The fraction of sp³-hybridized carbons (Fsp3) is 0.500. The number of nitrogens with zero attached hydrogens (tertiary/aromatic N) is 4. The number of aromatic amines is 1. The molecule has 0 saturated carbocycles. The second-order valence-electron chi connectivity index (χ2n) is 5.22. The highest BCUT2D eigenvalue weighted by Crippen LogP contribution is 2.28. The Morgan fingerprint density at radius 3 is 2.95 bits per heavy atom. The van der Waals surface area contributed by atoms with Crippen LogP contribution in [0.3, 0.4) is 0 Å². The van der Waals surface area contributed by atoms with Crippen LogP contribution in [0.5, 0.6) is 0 Å². The number of hydrogen-bond acceptors (Lipinski definition) is 4. The molecule has 1 saturated heterocycles. The Bertz CT molecular complexity index is 549. The van der Waals surface area contributed by atoms with Gasteiger partial charge in [0.2, 0.25) is 0 Å². The molecule has 0 amide bonds. The van der Waals surface area contributed by atoms with Gasteiger partial charge < -0.3 is 0 Å². The zero-order chi connectivity index (χ0) is 13.2. The lowest BCUT2D eigenvalue weighted by Gasteiger charge is -2.31. The molecule has 0 unspecified atom stereocenters. The largest absolute Gasteiger partial charge is 0.296 e. The van der Waals surface area contributed by atoms with Crippen LogP contribution in [0.2, 0.25) is 0 Å². The average molecular weight is 257 g/mol. The summed E-state index contributed by atoms with van der Waals surface area (Å²) in [6.07, 6.45) is 5.42. The summed E-state index contributed by atoms with van der Waals surface area (Å²) < 4.78 is 0. The molecule has 3 heterocycles. The number of piperidine rings is 1. The van der Waals surface area contributed by atoms with Gasteiger partial charge in [0.25, 0.3) is 0 Å². The molecule has 0 bridgehead atoms. The standard InChI is InChI=1S/C14H19N5/c1-10-9-12(11-6-7-15-18-11)17-14(16-10)13-5-3-4-8-19(13)2/h6-7,9,13H,3-5,8H2,1-2H3,(H,15,18)/t13-/m0/s1. The Morgan fingerprint density at radius 1 is 1.32 bits per heavy atom. The molecular formula is C14H19N5. The minimum Gasteiger partial charge on any atom is -0.296 e. The zero-order valence-corrected chi connectivity index (χ0v) is 11.4. The summed E-state index contributed by atoms with van der Waals surface area (Å²) in [5, 5.41) is 6.96. The zero-order valence-electron chi connectivity index (χ0n) is 11.4. The van der Waals surface area contributed by atoms with Crippen molar-refractivity contribution in [1.29, 1.82) is 0 Å². The molecule has 19 heavy (non-hydrogen) atoms. The molecule has 0 spiro atoms. The van der Waals surface area contributed by atoms with E-state index in [1.165, 1.54) is 12.8 Å². The molecule has 5 nitrogen and oxygen atoms in total. The highest BCUT2D eigenvalue weighted by molar-refractivity contribution is 5.53. The maximum Gasteiger partial charge on any atom is 0.146 e. The molecule has 2 aromatic rings. The molecule has 3 rings (SSSR count). The summed E-state index contributed by atoms with van der Waals surface area (Å²) >= 11 is 0. The van der Waals surface area contributed by atoms with E-state index in [-0.39, 0.29) is 0 Å². The van der Waals surface area contributed by atoms with Crippen LogP contribution in [-0.2, 0) is 0 Å². The SMILES string of the molecule is Cc1cc(-c2ccn[nH]2)nc([C@@H]2CCCCN2C)n1. The summed E-state index contributed by atoms with van der Waals surface area (Å²) in [5.74, 6) is 0.937. The molecule has 1 aliphatic rings. The number of likely N-dealkylation sites (tertiary alicyclic amines) is 1. The summed E-state index contributed by atoms with van der Waals surface area (Å²) in [6.45, 7) is 3.15. The molecular weight excluding hydrogens is 238 g/mol. The van der Waals surface area contributed by atoms with Gasteiger partial charge in [0, 0.05) is 11.9 Å². The van der Waals surface area contributed by atoms with Gasteiger partial charge in [0.15, 0.2) is 0 Å². The number of aryl methyl sites for hydroxylation is 1. The first-order valence-corrected chi connectivity index (χ1v) is 6.79. The molecule has 1 aliphatic heterocycles. The molecule has 1 N–H and O–H groups in total. The Morgan fingerprint density at radius 2 is 2.21 bits per heavy atom. The Hall–Kier alpha value is -1.75. The molecule has 5 heteroatoms. The molecule has 0 aromatic carbocycles. The Kier molecular flexibility index (Phi) is 3.29. The first kappa shape index (κ1) is 12.3. The van der Waals surface area contributed by atoms with Crippen LogP contribution >= 0.6 is 0 Å². The van der Waals surface area contributed by atoms with Crippen LogP contribution < -0.4 is 0 Å². The van der Waals surface area contributed by atoms with E-state index < -0.39 is 0 Å². The van der Waals surface area contributed by atoms with Gasteiger partial charge in [-0.05, 0) is 45.5 Å². The van der Waals surface area contributed by atoms with E-state index in [1.807, 2.05) is 19.1 Å². The number of hydrogen-bond donors (Lipinski definition) is 1. The first-order valence-electron chi connectivity index (χ1n) is 6.79. The van der Waals surface area contributed by atoms with Crippen LogP contribution in [0.1, 0.15) is 36.8 Å². The fourth-order valence-corrected chi connectivity index (χ4v) is 2.68. The second kappa shape index (κ2) is 5.09. The minimum atomic E-state index is 0.343. The van der Waals surface area contributed by atoms with Crippen LogP contribution in [-0.4, -0.2) is 38.7 Å². The number of rotatable bonds is 2. The summed E-state index contributed by atoms with van der Waals surface area (Å²) in [6, 6.07) is 4.28. The van der Waals surface area contributed by atoms with Gasteiger partial charge in [-0.25, -0.2) is 9.97 Å². The van der Waals surface area contributed by atoms with E-state index in [1.54, 1.807) is 6.20 Å². The van der Waals surface area contributed by atoms with Gasteiger partial charge in [0.05, 0.1) is 17.4 Å². The van der Waals surface area contributed by atoms with Crippen molar-refractivity contribution in [2.45, 2.75) is 32.2 Å². The normalized spacial score (nSPS) is 20.6. The first-order chi connectivity index (χ1) is 9.24. The summed E-state index contributed by atoms with van der Waals surface area (Å²) in [5.41, 5.74) is 2.89. The highest BCUT2D eigenvalue weighted by Gasteiger charge is 2.23. The second-order valence-corrected chi connectivity index (χ2v) is 5.22. The van der Waals surface area contributed by atoms with E-state index in [0.29, 0.717) is 6.04 Å². The van der Waals surface area contributed by atoms with Crippen molar-refractivity contribution < 1.29 is 0 Å². The van der Waals surface area contributed by atoms with Crippen molar-refractivity contribution in [2.75, 3.05) is 13.6 Å². The van der Waals surface area contributed by atoms with Crippen molar-refractivity contribution in [1.82, 2.24) is 25.1 Å². The average Bonchev–Trinajstić information content (AvgIpc) is 2.92. The molecule has 2 aromatic heterocycles. The van der Waals surface area contributed by atoms with Gasteiger partial charge in [-0.1, -0.05) is 6.42 Å². The fourth-order valence-electron chi connectivity index (χ4n) is 2.68. The minimum absolute atomic E-state index is 0.343. The van der Waals surface area contributed by atoms with Crippen molar-refractivity contribution in [3.05, 3.63) is 29.8 Å². The maximum absolute atomic E-state index is 4.73. The van der Waals surface area contributed by atoms with E-state index in [0.717, 1.165) is 35.9 Å². The van der Waals surface area contributed by atoms with Gasteiger partial charge in [-0.3, -0.25) is 10.00 Å². The molecule has 1 fully saturated rings. The smallest absolute Gasteiger partial charge is 0.146 e. The van der Waals surface area contributed by atoms with Crippen LogP contribution in [0.25, 0.3) is 11.4 Å². The van der Waals surface area contributed by atoms with Crippen molar-refractivity contribution in [2.24, 2.45) is 0 Å². The Labute approximate surface area is 113 Å². The topological polar surface area (TPSA) is 57.7 Å². The Balaban J connectivity index is 1.97. The summed E-state index contributed by atoms with van der Waals surface area (Å²) in [7, 11) is 2.16. The van der Waals surface area contributed by atoms with E-state index in [2.05, 4.69) is 27.1 Å². The van der Waals surface area contributed by atoms with Crippen LogP contribution in [0.15, 0.2) is 18.3 Å². The molecule has 1 atom stereocenters. The lowest BCUT2D eigenvalue weighted by atomic mass is 10.0. The predicted octanol–water partition coefficient (Wildman–Crippen LogP) is 2.33. The van der Waals surface area contributed by atoms with E-state index in [9.17, 15) is 0 Å². The quantitative estimate of drug-likeness (QED) is 0.897. The van der Waals surface area contributed by atoms with Gasteiger partial charge in [0.1, 0.15) is 5.82 Å². The van der Waals surface area contributed by atoms with Gasteiger partial charge in [-0.15, -0.1) is 0 Å². The van der Waals surface area contributed by atoms with Gasteiger partial charge in [-0.2, -0.15) is 5.10 Å². The number of nitrogens with one attached hydrogen (secondary N) is 1. The maximum atomic E-state index is 4.73. The number of aromatic nitrogens is 4. The number of H-pyrrole nitrogens is 1. The van der Waals surface area contributed by atoms with Crippen LogP contribution in [0.4, 0.5) is 0 Å². The molecule has 0 aliphatic carbocycles. The van der Waals surface area contributed by atoms with Crippen molar-refractivity contribution in [3.63, 3.8) is 0 Å². The lowest BCUT2D eigenvalue weighted by molar-refractivity contribution is 0.179. The van der Waals surface area contributed by atoms with Crippen molar-refractivity contribution >= 4 is 0 Å². The third-order valence-corrected chi connectivity index (χ3v) is 3.72. The third kappa shape index (κ3) is 2.51. The van der Waals surface area contributed by atoms with Gasteiger partial charge >= 0.3 is 0 Å². The van der Waals surface area contributed by atoms with E-state index >= 15 is 0 Å². The molecule has 100 valence electrons. The van der Waals surface area contributed by atoms with E-state index in [4.69, 9.17) is 4.98 Å². The predicted molar refractivity (Wildman–Crippen MR) is 73.6 cm³/mol. The summed E-state index contributed by atoms with van der Waals surface area (Å²) in [4.78, 5) is 11.7. The van der Waals surface area contributed by atoms with Crippen LogP contribution in [0, 0.1) is 6.92 Å². The third-order valence-electron chi connectivity index (χ3n) is 3.72. The van der Waals surface area contributed by atoms with Crippen molar-refractivity contribution in [3.8, 4) is 11.4 Å². The molecule has 0 radical (unpaired) electrons. The lowest BCUT2D eigenvalue weighted by Crippen LogP contribution is -2.31. The monoisotopic (exact) mass is 257 g/mol.